The molecule has 0 bridgehead atoms. The molecule has 16 heavy (non-hydrogen) atoms. The van der Waals surface area contributed by atoms with Crippen LogP contribution in [0.3, 0.4) is 0 Å². The van der Waals surface area contributed by atoms with Gasteiger partial charge in [-0.15, -0.1) is 0 Å². The normalized spacial score (nSPS) is 34.1. The second-order valence-corrected chi connectivity index (χ2v) is 4.68. The molecule has 0 saturated carbocycles. The van der Waals surface area contributed by atoms with Gasteiger partial charge in [0.1, 0.15) is 11.9 Å². The molecule has 4 heteroatoms. The van der Waals surface area contributed by atoms with E-state index < -0.39 is 0 Å². The van der Waals surface area contributed by atoms with Crippen LogP contribution in [0, 0.1) is 0 Å². The maximum atomic E-state index is 11.0. The summed E-state index contributed by atoms with van der Waals surface area (Å²) >= 11 is 0. The van der Waals surface area contributed by atoms with Gasteiger partial charge in [-0.3, -0.25) is 4.79 Å². The Morgan fingerprint density at radius 2 is 2.12 bits per heavy atom. The molecule has 0 aromatic rings. The molecule has 2 heterocycles. The summed E-state index contributed by atoms with van der Waals surface area (Å²) in [6.45, 7) is 1.60. The van der Waals surface area contributed by atoms with Gasteiger partial charge in [0.25, 0.3) is 0 Å². The summed E-state index contributed by atoms with van der Waals surface area (Å²) in [5.74, 6) is 0.0973. The maximum Gasteiger partial charge on any atom is 0.306 e. The van der Waals surface area contributed by atoms with Gasteiger partial charge in [0.05, 0.1) is 12.2 Å². The summed E-state index contributed by atoms with van der Waals surface area (Å²) in [7, 11) is 0. The van der Waals surface area contributed by atoms with Crippen LogP contribution in [0.5, 0.6) is 0 Å². The summed E-state index contributed by atoms with van der Waals surface area (Å²) < 4.78 is 11.0. The molecular weight excluding hydrogens is 208 g/mol. The van der Waals surface area contributed by atoms with Gasteiger partial charge in [0.15, 0.2) is 0 Å². The Balaban J connectivity index is 1.75. The number of Topliss-reactive ketones (excluding diaryl/α,β-unsaturated/α-hetero) is 1. The Morgan fingerprint density at radius 1 is 1.31 bits per heavy atom. The van der Waals surface area contributed by atoms with E-state index in [2.05, 4.69) is 0 Å². The minimum absolute atomic E-state index is 0.0465. The molecule has 0 aromatic heterocycles. The van der Waals surface area contributed by atoms with Gasteiger partial charge < -0.3 is 14.3 Å². The summed E-state index contributed by atoms with van der Waals surface area (Å²) in [6.07, 6.45) is 4.79. The molecule has 2 aliphatic heterocycles. The van der Waals surface area contributed by atoms with E-state index in [4.69, 9.17) is 9.47 Å². The van der Waals surface area contributed by atoms with E-state index in [-0.39, 0.29) is 30.1 Å². The third-order valence-corrected chi connectivity index (χ3v) is 3.29. The molecule has 4 nitrogen and oxygen atoms in total. The lowest BCUT2D eigenvalue weighted by molar-refractivity contribution is -0.146. The Bertz CT molecular complexity index is 287. The van der Waals surface area contributed by atoms with Crippen LogP contribution in [0.1, 0.15) is 45.4 Å². The second kappa shape index (κ2) is 4.95. The molecule has 3 atom stereocenters. The van der Waals surface area contributed by atoms with Crippen LogP contribution >= 0.6 is 0 Å². The van der Waals surface area contributed by atoms with Crippen LogP contribution in [0.4, 0.5) is 0 Å². The van der Waals surface area contributed by atoms with Crippen molar-refractivity contribution in [1.82, 2.24) is 0 Å². The fourth-order valence-electron chi connectivity index (χ4n) is 2.39. The molecule has 0 N–H and O–H groups in total. The van der Waals surface area contributed by atoms with Crippen molar-refractivity contribution in [2.24, 2.45) is 0 Å². The number of carbonyl (C=O) groups excluding carboxylic acids is 2. The standard InChI is InChI=1S/C12H18O4/c1-8(13)2-3-9-4-5-10(15-9)11-6-7-12(14)16-11/h9-11H,2-7H2,1H3. The van der Waals surface area contributed by atoms with E-state index in [1.54, 1.807) is 6.92 Å². The molecular formula is C12H18O4. The molecule has 0 radical (unpaired) electrons. The van der Waals surface area contributed by atoms with Gasteiger partial charge in [0, 0.05) is 12.8 Å². The lowest BCUT2D eigenvalue weighted by Crippen LogP contribution is -2.26. The smallest absolute Gasteiger partial charge is 0.306 e. The zero-order chi connectivity index (χ0) is 11.5. The van der Waals surface area contributed by atoms with Crippen molar-refractivity contribution in [2.75, 3.05) is 0 Å². The minimum Gasteiger partial charge on any atom is -0.460 e. The predicted octanol–water partition coefficient (Wildman–Crippen LogP) is 1.61. The molecule has 0 spiro atoms. The highest BCUT2D eigenvalue weighted by Crippen LogP contribution is 2.30. The van der Waals surface area contributed by atoms with Gasteiger partial charge in [-0.1, -0.05) is 0 Å². The Morgan fingerprint density at radius 3 is 2.75 bits per heavy atom. The van der Waals surface area contributed by atoms with Gasteiger partial charge in [-0.25, -0.2) is 0 Å². The lowest BCUT2D eigenvalue weighted by atomic mass is 10.1. The number of hydrogen-bond donors (Lipinski definition) is 0. The fraction of sp³-hybridized carbons (Fsp3) is 0.833. The number of hydrogen-bond acceptors (Lipinski definition) is 4. The molecule has 2 rings (SSSR count). The monoisotopic (exact) mass is 226 g/mol. The third-order valence-electron chi connectivity index (χ3n) is 3.29. The summed E-state index contributed by atoms with van der Waals surface area (Å²) in [5, 5.41) is 0. The predicted molar refractivity (Wildman–Crippen MR) is 56.9 cm³/mol. The molecule has 90 valence electrons. The van der Waals surface area contributed by atoms with Crippen LogP contribution in [0.2, 0.25) is 0 Å². The van der Waals surface area contributed by atoms with Gasteiger partial charge in [-0.05, 0) is 32.6 Å². The second-order valence-electron chi connectivity index (χ2n) is 4.68. The van der Waals surface area contributed by atoms with Crippen molar-refractivity contribution >= 4 is 11.8 Å². The zero-order valence-electron chi connectivity index (χ0n) is 9.61. The van der Waals surface area contributed by atoms with E-state index >= 15 is 0 Å². The Labute approximate surface area is 95.3 Å². The lowest BCUT2D eigenvalue weighted by Gasteiger charge is -2.18. The summed E-state index contributed by atoms with van der Waals surface area (Å²) in [5.41, 5.74) is 0. The number of ketones is 1. The van der Waals surface area contributed by atoms with Crippen LogP contribution in [-0.2, 0) is 19.1 Å². The SMILES string of the molecule is CC(=O)CCC1CCC(C2CCC(=O)O2)O1. The first-order valence-corrected chi connectivity index (χ1v) is 5.99. The Hall–Kier alpha value is -0.900. The Kier molecular flexibility index (Phi) is 3.59. The summed E-state index contributed by atoms with van der Waals surface area (Å²) in [4.78, 5) is 21.8. The van der Waals surface area contributed by atoms with E-state index in [0.717, 1.165) is 25.7 Å². The number of carbonyl (C=O) groups is 2. The van der Waals surface area contributed by atoms with E-state index in [0.29, 0.717) is 12.8 Å². The molecule has 2 aliphatic rings. The van der Waals surface area contributed by atoms with Crippen LogP contribution in [0.25, 0.3) is 0 Å². The van der Waals surface area contributed by atoms with E-state index in [9.17, 15) is 9.59 Å². The number of esters is 1. The first kappa shape index (κ1) is 11.6. The summed E-state index contributed by atoms with van der Waals surface area (Å²) in [6, 6.07) is 0. The topological polar surface area (TPSA) is 52.6 Å². The van der Waals surface area contributed by atoms with Gasteiger partial charge in [0.2, 0.25) is 0 Å². The average Bonchev–Trinajstić information content (AvgIpc) is 2.83. The number of cyclic esters (lactones) is 1. The van der Waals surface area contributed by atoms with E-state index in [1.807, 2.05) is 0 Å². The van der Waals surface area contributed by atoms with Crippen molar-refractivity contribution in [3.63, 3.8) is 0 Å². The van der Waals surface area contributed by atoms with Crippen molar-refractivity contribution < 1.29 is 19.1 Å². The highest BCUT2D eigenvalue weighted by atomic mass is 16.6. The number of ether oxygens (including phenoxy) is 2. The average molecular weight is 226 g/mol. The highest BCUT2D eigenvalue weighted by molar-refractivity contribution is 5.75. The van der Waals surface area contributed by atoms with Crippen LogP contribution < -0.4 is 0 Å². The molecule has 0 aromatic carbocycles. The van der Waals surface area contributed by atoms with Crippen molar-refractivity contribution in [2.45, 2.75) is 63.8 Å². The van der Waals surface area contributed by atoms with Crippen LogP contribution in [0.15, 0.2) is 0 Å². The minimum atomic E-state index is -0.110. The van der Waals surface area contributed by atoms with Gasteiger partial charge in [-0.2, -0.15) is 0 Å². The highest BCUT2D eigenvalue weighted by Gasteiger charge is 2.36. The molecule has 3 unspecified atom stereocenters. The molecule has 2 saturated heterocycles. The molecule has 0 amide bonds. The van der Waals surface area contributed by atoms with Crippen molar-refractivity contribution in [3.05, 3.63) is 0 Å². The zero-order valence-corrected chi connectivity index (χ0v) is 9.61. The fourth-order valence-corrected chi connectivity index (χ4v) is 2.39. The van der Waals surface area contributed by atoms with Crippen LogP contribution in [-0.4, -0.2) is 30.1 Å². The maximum absolute atomic E-state index is 11.0. The molecule has 2 fully saturated rings. The van der Waals surface area contributed by atoms with E-state index in [1.165, 1.54) is 0 Å². The first-order valence-electron chi connectivity index (χ1n) is 5.99. The third kappa shape index (κ3) is 2.82. The van der Waals surface area contributed by atoms with Gasteiger partial charge >= 0.3 is 5.97 Å². The van der Waals surface area contributed by atoms with Crippen molar-refractivity contribution in [1.29, 1.82) is 0 Å². The molecule has 0 aliphatic carbocycles. The quantitative estimate of drug-likeness (QED) is 0.683. The largest absolute Gasteiger partial charge is 0.460 e. The first-order chi connectivity index (χ1) is 7.65. The van der Waals surface area contributed by atoms with Crippen molar-refractivity contribution in [3.8, 4) is 0 Å². The number of rotatable bonds is 4.